The van der Waals surface area contributed by atoms with Crippen LogP contribution < -0.4 is 9.64 Å². The highest BCUT2D eigenvalue weighted by molar-refractivity contribution is 6.30. The number of nitrogens with zero attached hydrogens (tertiary/aromatic N) is 2. The molecule has 6 nitrogen and oxygen atoms in total. The summed E-state index contributed by atoms with van der Waals surface area (Å²) in [6.07, 6.45) is 1.61. The van der Waals surface area contributed by atoms with Gasteiger partial charge in [0.15, 0.2) is 5.76 Å². The molecule has 1 fully saturated rings. The summed E-state index contributed by atoms with van der Waals surface area (Å²) in [4.78, 5) is 17.6. The highest BCUT2D eigenvalue weighted by Crippen LogP contribution is 2.42. The molecule has 0 bridgehead atoms. The van der Waals surface area contributed by atoms with Gasteiger partial charge in [-0.1, -0.05) is 17.7 Å². The first-order chi connectivity index (χ1) is 15.9. The van der Waals surface area contributed by atoms with Gasteiger partial charge >= 0.3 is 0 Å². The van der Waals surface area contributed by atoms with E-state index in [0.717, 1.165) is 42.6 Å². The van der Waals surface area contributed by atoms with Gasteiger partial charge in [0.2, 0.25) is 5.78 Å². The molecule has 7 heteroatoms. The Morgan fingerprint density at radius 3 is 2.58 bits per heavy atom. The van der Waals surface area contributed by atoms with Crippen LogP contribution in [0.1, 0.15) is 33.0 Å². The Balaban J connectivity index is 1.36. The number of Topliss-reactive ketones (excluding diaryl/α,β-unsaturated/α-hetero) is 1. The number of anilines is 1. The minimum absolute atomic E-state index is 0.145. The van der Waals surface area contributed by atoms with E-state index in [1.807, 2.05) is 38.1 Å². The number of allylic oxidation sites excluding steroid dienone is 1. The summed E-state index contributed by atoms with van der Waals surface area (Å²) in [5.41, 5.74) is 2.95. The monoisotopic (exact) mass is 464 g/mol. The Kier molecular flexibility index (Phi) is 5.64. The Morgan fingerprint density at radius 2 is 1.88 bits per heavy atom. The molecule has 0 unspecified atom stereocenters. The van der Waals surface area contributed by atoms with Crippen molar-refractivity contribution in [2.75, 3.05) is 31.1 Å². The minimum atomic E-state index is -0.191. The molecule has 1 aromatic heterocycles. The van der Waals surface area contributed by atoms with E-state index in [1.165, 1.54) is 0 Å². The SMILES string of the molecule is Cc1ccc(/C=C2\Oc3c(CN4CCN(c5cccc(Cl)c5)CC4)c(O)cc(C)c3C2=O)o1. The maximum atomic E-state index is 13.1. The third-order valence-corrected chi connectivity index (χ3v) is 6.42. The number of phenolic OH excluding ortho intramolecular Hbond substituents is 1. The molecule has 0 radical (unpaired) electrons. The summed E-state index contributed by atoms with van der Waals surface area (Å²) in [6, 6.07) is 13.2. The smallest absolute Gasteiger partial charge is 0.232 e. The number of carbonyl (C=O) groups is 1. The Hall–Kier alpha value is -3.22. The molecule has 1 N–H and O–H groups in total. The Morgan fingerprint density at radius 1 is 1.09 bits per heavy atom. The summed E-state index contributed by atoms with van der Waals surface area (Å²) in [5.74, 6) is 1.93. The highest BCUT2D eigenvalue weighted by Gasteiger charge is 2.34. The largest absolute Gasteiger partial charge is 0.507 e. The lowest BCUT2D eigenvalue weighted by Crippen LogP contribution is -2.46. The number of carbonyl (C=O) groups excluding carboxylic acids is 1. The molecular weight excluding hydrogens is 440 g/mol. The van der Waals surface area contributed by atoms with Crippen molar-refractivity contribution in [2.45, 2.75) is 20.4 Å². The maximum absolute atomic E-state index is 13.1. The molecule has 0 aliphatic carbocycles. The van der Waals surface area contributed by atoms with Gasteiger partial charge in [-0.2, -0.15) is 0 Å². The number of aryl methyl sites for hydroxylation is 2. The van der Waals surface area contributed by atoms with E-state index >= 15 is 0 Å². The number of ketones is 1. The van der Waals surface area contributed by atoms with E-state index in [9.17, 15) is 9.90 Å². The molecule has 2 aromatic carbocycles. The summed E-state index contributed by atoms with van der Waals surface area (Å²) < 4.78 is 11.6. The number of piperazine rings is 1. The number of hydrogen-bond acceptors (Lipinski definition) is 6. The number of benzene rings is 2. The van der Waals surface area contributed by atoms with E-state index in [1.54, 1.807) is 18.2 Å². The van der Waals surface area contributed by atoms with Crippen LogP contribution in [0.4, 0.5) is 5.69 Å². The molecule has 0 atom stereocenters. The van der Waals surface area contributed by atoms with Gasteiger partial charge < -0.3 is 19.2 Å². The number of furan rings is 1. The third kappa shape index (κ3) is 4.24. The summed E-state index contributed by atoms with van der Waals surface area (Å²) >= 11 is 6.14. The van der Waals surface area contributed by atoms with Crippen LogP contribution in [0.15, 0.2) is 52.6 Å². The van der Waals surface area contributed by atoms with Crippen molar-refractivity contribution in [2.24, 2.45) is 0 Å². The quantitative estimate of drug-likeness (QED) is 0.536. The van der Waals surface area contributed by atoms with Gasteiger partial charge in [0.05, 0.1) is 11.1 Å². The fourth-order valence-corrected chi connectivity index (χ4v) is 4.64. The van der Waals surface area contributed by atoms with Crippen LogP contribution in [0, 0.1) is 13.8 Å². The molecule has 3 heterocycles. The number of rotatable bonds is 4. The zero-order valence-electron chi connectivity index (χ0n) is 18.6. The van der Waals surface area contributed by atoms with Crippen molar-refractivity contribution in [1.82, 2.24) is 4.90 Å². The lowest BCUT2D eigenvalue weighted by molar-refractivity contribution is 0.101. The van der Waals surface area contributed by atoms with Crippen molar-refractivity contribution < 1.29 is 19.1 Å². The average molecular weight is 465 g/mol. The van der Waals surface area contributed by atoms with E-state index in [0.29, 0.717) is 34.7 Å². The standard InChI is InChI=1S/C26H25ClN2O4/c1-16-12-22(30)21(15-28-8-10-29(11-9-28)19-5-3-4-18(27)13-19)26-24(16)25(31)23(33-26)14-20-7-6-17(2)32-20/h3-7,12-14,30H,8-11,15H2,1-2H3/b23-14-. The first-order valence-electron chi connectivity index (χ1n) is 11.0. The molecule has 5 rings (SSSR count). The zero-order chi connectivity index (χ0) is 23.1. The predicted molar refractivity (Wildman–Crippen MR) is 128 cm³/mol. The fourth-order valence-electron chi connectivity index (χ4n) is 4.45. The molecular formula is C26H25ClN2O4. The first-order valence-corrected chi connectivity index (χ1v) is 11.4. The van der Waals surface area contributed by atoms with Gasteiger partial charge in [0.25, 0.3) is 0 Å². The average Bonchev–Trinajstić information content (AvgIpc) is 3.34. The van der Waals surface area contributed by atoms with Crippen molar-refractivity contribution in [3.05, 3.63) is 81.5 Å². The molecule has 2 aliphatic rings. The third-order valence-electron chi connectivity index (χ3n) is 6.18. The normalized spacial score (nSPS) is 17.5. The van der Waals surface area contributed by atoms with E-state index < -0.39 is 0 Å². The van der Waals surface area contributed by atoms with Crippen molar-refractivity contribution in [1.29, 1.82) is 0 Å². The second-order valence-electron chi connectivity index (χ2n) is 8.53. The fraction of sp³-hybridized carbons (Fsp3) is 0.269. The molecule has 3 aromatic rings. The number of phenols is 1. The molecule has 170 valence electrons. The van der Waals surface area contributed by atoms with Gasteiger partial charge in [-0.3, -0.25) is 9.69 Å². The molecule has 0 amide bonds. The van der Waals surface area contributed by atoms with Gasteiger partial charge in [0.1, 0.15) is 23.0 Å². The van der Waals surface area contributed by atoms with Crippen LogP contribution in [0.2, 0.25) is 5.02 Å². The number of fused-ring (bicyclic) bond motifs is 1. The van der Waals surface area contributed by atoms with Gasteiger partial charge in [0, 0.05) is 49.5 Å². The summed E-state index contributed by atoms with van der Waals surface area (Å²) in [6.45, 7) is 7.48. The van der Waals surface area contributed by atoms with Gasteiger partial charge in [-0.25, -0.2) is 0 Å². The maximum Gasteiger partial charge on any atom is 0.232 e. The number of halogens is 1. The van der Waals surface area contributed by atoms with E-state index in [2.05, 4.69) is 15.9 Å². The van der Waals surface area contributed by atoms with Crippen molar-refractivity contribution in [3.8, 4) is 11.5 Å². The molecule has 2 aliphatic heterocycles. The second kappa shape index (κ2) is 8.61. The molecule has 1 saturated heterocycles. The highest BCUT2D eigenvalue weighted by atomic mass is 35.5. The zero-order valence-corrected chi connectivity index (χ0v) is 19.4. The van der Waals surface area contributed by atoms with Gasteiger partial charge in [-0.15, -0.1) is 0 Å². The van der Waals surface area contributed by atoms with E-state index in [4.69, 9.17) is 20.8 Å². The topological polar surface area (TPSA) is 66.2 Å². The first kappa shape index (κ1) is 21.6. The van der Waals surface area contributed by atoms with Crippen LogP contribution in [-0.4, -0.2) is 42.0 Å². The Labute approximate surface area is 197 Å². The Bertz CT molecular complexity index is 1260. The molecule has 0 saturated carbocycles. The van der Waals surface area contributed by atoms with Crippen LogP contribution in [-0.2, 0) is 6.54 Å². The van der Waals surface area contributed by atoms with Crippen molar-refractivity contribution in [3.63, 3.8) is 0 Å². The van der Waals surface area contributed by atoms with Crippen LogP contribution in [0.3, 0.4) is 0 Å². The predicted octanol–water partition coefficient (Wildman–Crippen LogP) is 5.19. The van der Waals surface area contributed by atoms with Crippen LogP contribution in [0.5, 0.6) is 11.5 Å². The lowest BCUT2D eigenvalue weighted by atomic mass is 9.99. The molecule has 33 heavy (non-hydrogen) atoms. The number of hydrogen-bond donors (Lipinski definition) is 1. The lowest BCUT2D eigenvalue weighted by Gasteiger charge is -2.36. The van der Waals surface area contributed by atoms with Crippen LogP contribution in [0.25, 0.3) is 6.08 Å². The van der Waals surface area contributed by atoms with Gasteiger partial charge in [-0.05, 0) is 55.8 Å². The number of ether oxygens (including phenoxy) is 1. The van der Waals surface area contributed by atoms with E-state index in [-0.39, 0.29) is 17.3 Å². The summed E-state index contributed by atoms with van der Waals surface area (Å²) in [5, 5.41) is 11.5. The minimum Gasteiger partial charge on any atom is -0.507 e. The molecule has 0 spiro atoms. The summed E-state index contributed by atoms with van der Waals surface area (Å²) in [7, 11) is 0. The number of aromatic hydroxyl groups is 1. The van der Waals surface area contributed by atoms with Crippen molar-refractivity contribution >= 4 is 29.1 Å². The van der Waals surface area contributed by atoms with Crippen LogP contribution >= 0.6 is 11.6 Å². The second-order valence-corrected chi connectivity index (χ2v) is 8.96.